The number of rotatable bonds is 0. The van der Waals surface area contributed by atoms with Crippen LogP contribution in [0.5, 0.6) is 0 Å². The van der Waals surface area contributed by atoms with Gasteiger partial charge in [0, 0.05) is 36.0 Å². The second-order valence-electron chi connectivity index (χ2n) is 2.62. The Morgan fingerprint density at radius 2 is 2.38 bits per heavy atom. The molecule has 0 radical (unpaired) electrons. The van der Waals surface area contributed by atoms with Gasteiger partial charge in [0.2, 0.25) is 0 Å². The molecule has 0 N–H and O–H groups in total. The van der Waals surface area contributed by atoms with Crippen LogP contribution in [0.3, 0.4) is 0 Å². The first kappa shape index (κ1) is 6.81. The van der Waals surface area contributed by atoms with Gasteiger partial charge in [0.1, 0.15) is 0 Å². The van der Waals surface area contributed by atoms with Gasteiger partial charge in [-0.2, -0.15) is 0 Å². The first-order chi connectivity index (χ1) is 3.79. The minimum absolute atomic E-state index is 0.931. The summed E-state index contributed by atoms with van der Waals surface area (Å²) in [5.74, 6) is 0.931. The molecule has 0 saturated carbocycles. The van der Waals surface area contributed by atoms with Gasteiger partial charge in [-0.15, -0.1) is 0 Å². The van der Waals surface area contributed by atoms with E-state index in [2.05, 4.69) is 32.9 Å². The maximum absolute atomic E-state index is 2.41. The normalized spacial score (nSPS) is 33.0. The minimum atomic E-state index is 0.931. The van der Waals surface area contributed by atoms with Gasteiger partial charge in [0.15, 0.2) is 0 Å². The third-order valence-electron chi connectivity index (χ3n) is 1.61. The molecule has 0 bridgehead atoms. The summed E-state index contributed by atoms with van der Waals surface area (Å²) in [5, 5.41) is 0. The second kappa shape index (κ2) is 3.01. The standard InChI is InChI=1S/C6H12IN/c1-6-3-2-4-8(7)5-6/h6H,2-5H2,1H3/t6-/m1/s1. The average Bonchev–Trinajstić information content (AvgIpc) is 1.64. The van der Waals surface area contributed by atoms with Gasteiger partial charge < -0.3 is 0 Å². The third kappa shape index (κ3) is 1.90. The van der Waals surface area contributed by atoms with E-state index < -0.39 is 0 Å². The number of halogens is 1. The Morgan fingerprint density at radius 1 is 1.62 bits per heavy atom. The molecular formula is C6H12IN. The molecular weight excluding hydrogens is 213 g/mol. The molecule has 1 heterocycles. The van der Waals surface area contributed by atoms with Gasteiger partial charge in [0.25, 0.3) is 0 Å². The zero-order valence-corrected chi connectivity index (χ0v) is 7.39. The van der Waals surface area contributed by atoms with E-state index in [1.165, 1.54) is 25.9 Å². The Bertz CT molecular complexity index is 66.9. The van der Waals surface area contributed by atoms with Crippen LogP contribution < -0.4 is 0 Å². The summed E-state index contributed by atoms with van der Waals surface area (Å²) in [4.78, 5) is 0. The highest BCUT2D eigenvalue weighted by molar-refractivity contribution is 14.1. The second-order valence-corrected chi connectivity index (χ2v) is 3.98. The Balaban J connectivity index is 2.23. The molecule has 2 heteroatoms. The fourth-order valence-electron chi connectivity index (χ4n) is 1.13. The van der Waals surface area contributed by atoms with Crippen molar-refractivity contribution in [2.75, 3.05) is 13.1 Å². The zero-order chi connectivity index (χ0) is 5.98. The molecule has 0 aromatic heterocycles. The van der Waals surface area contributed by atoms with Crippen LogP contribution in [0.2, 0.25) is 0 Å². The van der Waals surface area contributed by atoms with Crippen LogP contribution in [0.4, 0.5) is 0 Å². The van der Waals surface area contributed by atoms with Crippen molar-refractivity contribution in [3.05, 3.63) is 0 Å². The van der Waals surface area contributed by atoms with Crippen molar-refractivity contribution < 1.29 is 0 Å². The SMILES string of the molecule is C[C@@H]1CCCN(I)C1. The van der Waals surface area contributed by atoms with Crippen molar-refractivity contribution >= 4 is 22.9 Å². The predicted molar refractivity (Wildman–Crippen MR) is 44.0 cm³/mol. The molecule has 0 aliphatic carbocycles. The summed E-state index contributed by atoms with van der Waals surface area (Å²) < 4.78 is 2.38. The Labute approximate surface area is 64.9 Å². The molecule has 0 aromatic rings. The van der Waals surface area contributed by atoms with Crippen molar-refractivity contribution in [2.45, 2.75) is 19.8 Å². The fourth-order valence-corrected chi connectivity index (χ4v) is 2.15. The molecule has 0 unspecified atom stereocenters. The first-order valence-corrected chi connectivity index (χ1v) is 4.16. The topological polar surface area (TPSA) is 3.24 Å². The lowest BCUT2D eigenvalue weighted by Gasteiger charge is -2.24. The molecule has 1 aliphatic rings. The highest BCUT2D eigenvalue weighted by Crippen LogP contribution is 2.17. The largest absolute Gasteiger partial charge is 0.247 e. The summed E-state index contributed by atoms with van der Waals surface area (Å²) in [6.07, 6.45) is 2.82. The lowest BCUT2D eigenvalue weighted by molar-refractivity contribution is 0.322. The minimum Gasteiger partial charge on any atom is -0.247 e. The van der Waals surface area contributed by atoms with Crippen LogP contribution in [0.25, 0.3) is 0 Å². The summed E-state index contributed by atoms with van der Waals surface area (Å²) in [6.45, 7) is 4.91. The van der Waals surface area contributed by atoms with Gasteiger partial charge in [-0.25, -0.2) is 3.11 Å². The van der Waals surface area contributed by atoms with Crippen LogP contribution in [0.1, 0.15) is 19.8 Å². The van der Waals surface area contributed by atoms with Crippen LogP contribution >= 0.6 is 22.9 Å². The zero-order valence-electron chi connectivity index (χ0n) is 5.23. The molecule has 1 aliphatic heterocycles. The van der Waals surface area contributed by atoms with Crippen molar-refractivity contribution in [1.82, 2.24) is 3.11 Å². The van der Waals surface area contributed by atoms with Crippen molar-refractivity contribution in [1.29, 1.82) is 0 Å². The van der Waals surface area contributed by atoms with Gasteiger partial charge >= 0.3 is 0 Å². The van der Waals surface area contributed by atoms with Crippen LogP contribution in [0, 0.1) is 5.92 Å². The number of hydrogen-bond acceptors (Lipinski definition) is 1. The quantitative estimate of drug-likeness (QED) is 0.450. The third-order valence-corrected chi connectivity index (χ3v) is 2.48. The van der Waals surface area contributed by atoms with Gasteiger partial charge in [-0.05, 0) is 18.8 Å². The number of piperidine rings is 1. The molecule has 0 amide bonds. The lowest BCUT2D eigenvalue weighted by atomic mass is 10.0. The molecule has 1 saturated heterocycles. The van der Waals surface area contributed by atoms with E-state index in [1.807, 2.05) is 0 Å². The molecule has 48 valence electrons. The van der Waals surface area contributed by atoms with Crippen molar-refractivity contribution in [3.8, 4) is 0 Å². The van der Waals surface area contributed by atoms with E-state index in [-0.39, 0.29) is 0 Å². The molecule has 1 fully saturated rings. The summed E-state index contributed by atoms with van der Waals surface area (Å²) in [7, 11) is 0. The van der Waals surface area contributed by atoms with E-state index in [9.17, 15) is 0 Å². The Hall–Kier alpha value is 0.690. The highest BCUT2D eigenvalue weighted by atomic mass is 127. The van der Waals surface area contributed by atoms with Crippen molar-refractivity contribution in [3.63, 3.8) is 0 Å². The molecule has 8 heavy (non-hydrogen) atoms. The maximum Gasteiger partial charge on any atom is 0.0201 e. The predicted octanol–water partition coefficient (Wildman–Crippen LogP) is 2.07. The Morgan fingerprint density at radius 3 is 2.75 bits per heavy atom. The van der Waals surface area contributed by atoms with E-state index >= 15 is 0 Å². The lowest BCUT2D eigenvalue weighted by Crippen LogP contribution is -2.25. The maximum atomic E-state index is 2.41. The first-order valence-electron chi connectivity index (χ1n) is 3.20. The molecule has 1 nitrogen and oxygen atoms in total. The molecule has 1 atom stereocenters. The fraction of sp³-hybridized carbons (Fsp3) is 1.00. The summed E-state index contributed by atoms with van der Waals surface area (Å²) in [6, 6.07) is 0. The van der Waals surface area contributed by atoms with Gasteiger partial charge in [0.05, 0.1) is 0 Å². The van der Waals surface area contributed by atoms with E-state index in [4.69, 9.17) is 0 Å². The van der Waals surface area contributed by atoms with E-state index in [1.54, 1.807) is 0 Å². The van der Waals surface area contributed by atoms with Crippen LogP contribution in [-0.2, 0) is 0 Å². The number of nitrogens with zero attached hydrogens (tertiary/aromatic N) is 1. The van der Waals surface area contributed by atoms with Crippen LogP contribution in [-0.4, -0.2) is 16.2 Å². The molecule has 1 rings (SSSR count). The van der Waals surface area contributed by atoms with Crippen molar-refractivity contribution in [2.24, 2.45) is 5.92 Å². The smallest absolute Gasteiger partial charge is 0.0201 e. The van der Waals surface area contributed by atoms with Gasteiger partial charge in [-0.1, -0.05) is 6.92 Å². The number of hydrogen-bond donors (Lipinski definition) is 0. The van der Waals surface area contributed by atoms with Gasteiger partial charge in [-0.3, -0.25) is 0 Å². The monoisotopic (exact) mass is 225 g/mol. The highest BCUT2D eigenvalue weighted by Gasteiger charge is 2.12. The average molecular weight is 225 g/mol. The van der Waals surface area contributed by atoms with Crippen LogP contribution in [0.15, 0.2) is 0 Å². The summed E-state index contributed by atoms with van der Waals surface area (Å²) >= 11 is 2.41. The van der Waals surface area contributed by atoms with E-state index in [0.717, 1.165) is 5.92 Å². The molecule has 0 spiro atoms. The molecule has 0 aromatic carbocycles. The van der Waals surface area contributed by atoms with E-state index in [0.29, 0.717) is 0 Å². The Kier molecular flexibility index (Phi) is 2.56. The summed E-state index contributed by atoms with van der Waals surface area (Å²) in [5.41, 5.74) is 0.